The Kier molecular flexibility index (Phi) is 6.45. The van der Waals surface area contributed by atoms with E-state index in [-0.39, 0.29) is 11.9 Å². The van der Waals surface area contributed by atoms with E-state index in [1.54, 1.807) is 0 Å². The molecule has 2 aliphatic rings. The highest BCUT2D eigenvalue weighted by molar-refractivity contribution is 5.93. The van der Waals surface area contributed by atoms with Gasteiger partial charge >= 0.3 is 0 Å². The highest BCUT2D eigenvalue weighted by Crippen LogP contribution is 2.27. The molecule has 1 amide bonds. The highest BCUT2D eigenvalue weighted by atomic mass is 16.2. The maximum atomic E-state index is 12.6. The van der Waals surface area contributed by atoms with Gasteiger partial charge in [0.1, 0.15) is 0 Å². The number of amides is 1. The third-order valence-corrected chi connectivity index (χ3v) is 5.91. The highest BCUT2D eigenvalue weighted by Gasteiger charge is 2.24. The molecule has 2 heterocycles. The van der Waals surface area contributed by atoms with Crippen LogP contribution < -0.4 is 10.6 Å². The Morgan fingerprint density at radius 1 is 1.24 bits per heavy atom. The third kappa shape index (κ3) is 4.81. The molecule has 0 bridgehead atoms. The fourth-order valence-corrected chi connectivity index (χ4v) is 4.27. The van der Waals surface area contributed by atoms with E-state index < -0.39 is 0 Å². The molecule has 1 aliphatic carbocycles. The van der Waals surface area contributed by atoms with Gasteiger partial charge in [-0.2, -0.15) is 0 Å². The summed E-state index contributed by atoms with van der Waals surface area (Å²) in [5.74, 6) is 0.782. The Bertz CT molecular complexity index is 558. The largest absolute Gasteiger partial charge is 0.348 e. The third-order valence-electron chi connectivity index (χ3n) is 5.91. The van der Waals surface area contributed by atoms with Gasteiger partial charge in [-0.05, 0) is 58.5 Å². The van der Waals surface area contributed by atoms with Crippen LogP contribution in [0.1, 0.15) is 86.9 Å². The summed E-state index contributed by atoms with van der Waals surface area (Å²) in [5.41, 5.74) is 1.38. The molecule has 6 nitrogen and oxygen atoms in total. The van der Waals surface area contributed by atoms with Gasteiger partial charge in [0.15, 0.2) is 5.69 Å². The van der Waals surface area contributed by atoms with E-state index in [4.69, 9.17) is 0 Å². The zero-order valence-electron chi connectivity index (χ0n) is 15.8. The Balaban J connectivity index is 1.51. The van der Waals surface area contributed by atoms with Gasteiger partial charge in [0, 0.05) is 6.04 Å². The second kappa shape index (κ2) is 8.79. The van der Waals surface area contributed by atoms with Gasteiger partial charge in [-0.15, -0.1) is 5.10 Å². The van der Waals surface area contributed by atoms with Gasteiger partial charge in [-0.3, -0.25) is 4.79 Å². The van der Waals surface area contributed by atoms with Gasteiger partial charge in [0.05, 0.1) is 11.7 Å². The number of carbonyl (C=O) groups excluding carboxylic acids is 1. The minimum atomic E-state index is -0.0752. The van der Waals surface area contributed by atoms with E-state index in [1.807, 2.05) is 11.6 Å². The van der Waals surface area contributed by atoms with Gasteiger partial charge < -0.3 is 10.6 Å². The standard InChI is InChI=1S/C19H33N5O/c1-14(8-9-16-6-4-3-5-7-16)21-19(25)18-15(2)24(23-22-18)17-10-12-20-13-11-17/h14,16-17,20H,3-13H2,1-2H3,(H,21,25). The summed E-state index contributed by atoms with van der Waals surface area (Å²) >= 11 is 0. The van der Waals surface area contributed by atoms with Crippen molar-refractivity contribution >= 4 is 5.91 Å². The van der Waals surface area contributed by atoms with Crippen LogP contribution in [0.25, 0.3) is 0 Å². The van der Waals surface area contributed by atoms with E-state index in [2.05, 4.69) is 27.9 Å². The Morgan fingerprint density at radius 3 is 2.68 bits per heavy atom. The zero-order chi connectivity index (χ0) is 17.6. The smallest absolute Gasteiger partial charge is 0.273 e. The summed E-state index contributed by atoms with van der Waals surface area (Å²) in [7, 11) is 0. The van der Waals surface area contributed by atoms with E-state index in [1.165, 1.54) is 38.5 Å². The molecule has 1 aromatic heterocycles. The second-order valence-corrected chi connectivity index (χ2v) is 7.91. The number of carbonyl (C=O) groups is 1. The quantitative estimate of drug-likeness (QED) is 0.830. The number of rotatable bonds is 6. The maximum absolute atomic E-state index is 12.6. The first-order valence-electron chi connectivity index (χ1n) is 10.1. The van der Waals surface area contributed by atoms with Crippen LogP contribution in [0, 0.1) is 12.8 Å². The van der Waals surface area contributed by atoms with Crippen LogP contribution in [0.15, 0.2) is 0 Å². The van der Waals surface area contributed by atoms with Gasteiger partial charge in [-0.25, -0.2) is 4.68 Å². The number of hydrogen-bond acceptors (Lipinski definition) is 4. The predicted octanol–water partition coefficient (Wildman–Crippen LogP) is 2.99. The van der Waals surface area contributed by atoms with Crippen LogP contribution in [0.5, 0.6) is 0 Å². The minimum Gasteiger partial charge on any atom is -0.348 e. The molecule has 1 aliphatic heterocycles. The van der Waals surface area contributed by atoms with Crippen molar-refractivity contribution in [1.82, 2.24) is 25.6 Å². The molecule has 1 saturated carbocycles. The van der Waals surface area contributed by atoms with E-state index in [0.717, 1.165) is 44.0 Å². The molecule has 1 atom stereocenters. The van der Waals surface area contributed by atoms with Crippen molar-refractivity contribution in [3.05, 3.63) is 11.4 Å². The Labute approximate surface area is 151 Å². The average molecular weight is 348 g/mol. The van der Waals surface area contributed by atoms with Crippen molar-refractivity contribution < 1.29 is 4.79 Å². The molecule has 0 aromatic carbocycles. The monoisotopic (exact) mass is 347 g/mol. The van der Waals surface area contributed by atoms with E-state index in [9.17, 15) is 4.79 Å². The molecule has 0 radical (unpaired) electrons. The lowest BCUT2D eigenvalue weighted by Crippen LogP contribution is -2.34. The lowest BCUT2D eigenvalue weighted by atomic mass is 9.85. The number of nitrogens with one attached hydrogen (secondary N) is 2. The SMILES string of the molecule is Cc1c(C(=O)NC(C)CCC2CCCCC2)nnn1C1CCNCC1. The number of piperidine rings is 1. The molecule has 1 aromatic rings. The molecular formula is C19H33N5O. The van der Waals surface area contributed by atoms with E-state index >= 15 is 0 Å². The first-order valence-corrected chi connectivity index (χ1v) is 10.1. The van der Waals surface area contributed by atoms with Crippen molar-refractivity contribution in [2.45, 2.75) is 83.7 Å². The zero-order valence-corrected chi connectivity index (χ0v) is 15.8. The van der Waals surface area contributed by atoms with Crippen molar-refractivity contribution in [2.24, 2.45) is 5.92 Å². The van der Waals surface area contributed by atoms with Crippen molar-refractivity contribution in [1.29, 1.82) is 0 Å². The minimum absolute atomic E-state index is 0.0752. The van der Waals surface area contributed by atoms with Crippen LogP contribution >= 0.6 is 0 Å². The first-order chi connectivity index (χ1) is 12.1. The summed E-state index contributed by atoms with van der Waals surface area (Å²) in [6.45, 7) is 6.07. The Morgan fingerprint density at radius 2 is 1.96 bits per heavy atom. The summed E-state index contributed by atoms with van der Waals surface area (Å²) in [6, 6.07) is 0.553. The first kappa shape index (κ1) is 18.4. The molecule has 0 spiro atoms. The predicted molar refractivity (Wildman–Crippen MR) is 98.6 cm³/mol. The van der Waals surface area contributed by atoms with Crippen molar-refractivity contribution in [3.8, 4) is 0 Å². The molecule has 2 fully saturated rings. The Hall–Kier alpha value is -1.43. The average Bonchev–Trinajstić information content (AvgIpc) is 3.03. The summed E-state index contributed by atoms with van der Waals surface area (Å²) in [4.78, 5) is 12.6. The van der Waals surface area contributed by atoms with Crippen LogP contribution in [0.3, 0.4) is 0 Å². The number of aromatic nitrogens is 3. The molecule has 2 N–H and O–H groups in total. The summed E-state index contributed by atoms with van der Waals surface area (Å²) in [6.07, 6.45) is 11.3. The van der Waals surface area contributed by atoms with Crippen LogP contribution in [0.2, 0.25) is 0 Å². The van der Waals surface area contributed by atoms with Crippen LogP contribution in [-0.4, -0.2) is 40.0 Å². The van der Waals surface area contributed by atoms with Crippen LogP contribution in [0.4, 0.5) is 0 Å². The van der Waals surface area contributed by atoms with Crippen LogP contribution in [-0.2, 0) is 0 Å². The van der Waals surface area contributed by atoms with E-state index in [0.29, 0.717) is 11.7 Å². The number of nitrogens with zero attached hydrogens (tertiary/aromatic N) is 3. The fraction of sp³-hybridized carbons (Fsp3) is 0.842. The topological polar surface area (TPSA) is 71.8 Å². The summed E-state index contributed by atoms with van der Waals surface area (Å²) < 4.78 is 1.95. The lowest BCUT2D eigenvalue weighted by Gasteiger charge is -2.24. The molecule has 1 unspecified atom stereocenters. The van der Waals surface area contributed by atoms with Crippen molar-refractivity contribution in [2.75, 3.05) is 13.1 Å². The second-order valence-electron chi connectivity index (χ2n) is 7.91. The van der Waals surface area contributed by atoms with Gasteiger partial charge in [0.2, 0.25) is 0 Å². The maximum Gasteiger partial charge on any atom is 0.273 e. The van der Waals surface area contributed by atoms with Gasteiger partial charge in [-0.1, -0.05) is 37.3 Å². The molecule has 140 valence electrons. The molecule has 3 rings (SSSR count). The van der Waals surface area contributed by atoms with Crippen molar-refractivity contribution in [3.63, 3.8) is 0 Å². The molecule has 1 saturated heterocycles. The normalized spacial score (nSPS) is 21.2. The fourth-order valence-electron chi connectivity index (χ4n) is 4.27. The molecule has 6 heteroatoms. The molecular weight excluding hydrogens is 314 g/mol. The summed E-state index contributed by atoms with van der Waals surface area (Å²) in [5, 5.41) is 14.9. The van der Waals surface area contributed by atoms with Gasteiger partial charge in [0.25, 0.3) is 5.91 Å². The number of hydrogen-bond donors (Lipinski definition) is 2. The lowest BCUT2D eigenvalue weighted by molar-refractivity contribution is 0.0930. The molecule has 25 heavy (non-hydrogen) atoms.